The van der Waals surface area contributed by atoms with Crippen molar-refractivity contribution in [1.29, 1.82) is 0 Å². The molecule has 4 N–H and O–H groups in total. The monoisotopic (exact) mass is 259 g/mol. The van der Waals surface area contributed by atoms with E-state index in [1.54, 1.807) is 11.8 Å². The predicted octanol–water partition coefficient (Wildman–Crippen LogP) is -1.40. The van der Waals surface area contributed by atoms with Crippen LogP contribution in [-0.2, 0) is 14.3 Å². The van der Waals surface area contributed by atoms with E-state index in [1.807, 2.05) is 5.32 Å². The van der Waals surface area contributed by atoms with E-state index in [2.05, 4.69) is 0 Å². The van der Waals surface area contributed by atoms with Crippen LogP contribution in [-0.4, -0.2) is 60.3 Å². The maximum Gasteiger partial charge on any atom is 0.318 e. The Balaban J connectivity index is 2.62. The van der Waals surface area contributed by atoms with Gasteiger partial charge in [0.25, 0.3) is 0 Å². The van der Waals surface area contributed by atoms with E-state index in [1.165, 1.54) is 0 Å². The lowest BCUT2D eigenvalue weighted by Crippen LogP contribution is -2.49. The fourth-order valence-electron chi connectivity index (χ4n) is 1.96. The number of amides is 3. The second kappa shape index (κ2) is 6.31. The number of aliphatic carboxylic acids is 1. The summed E-state index contributed by atoms with van der Waals surface area (Å²) in [5.74, 6) is -2.17. The van der Waals surface area contributed by atoms with Crippen LogP contribution in [0, 0.1) is 5.92 Å². The molecule has 8 heteroatoms. The average Bonchev–Trinajstić information content (AvgIpc) is 2.73. The van der Waals surface area contributed by atoms with Crippen molar-refractivity contribution in [2.45, 2.75) is 13.0 Å². The smallest absolute Gasteiger partial charge is 0.318 e. The molecule has 0 aromatic rings. The molecule has 1 heterocycles. The Hall–Kier alpha value is -1.67. The first kappa shape index (κ1) is 14.4. The van der Waals surface area contributed by atoms with Gasteiger partial charge in [-0.3, -0.25) is 19.8 Å². The zero-order valence-electron chi connectivity index (χ0n) is 10.1. The van der Waals surface area contributed by atoms with E-state index < -0.39 is 23.8 Å². The lowest BCUT2D eigenvalue weighted by Gasteiger charge is -2.28. The first-order valence-electron chi connectivity index (χ1n) is 5.59. The molecule has 2 unspecified atom stereocenters. The molecule has 1 aliphatic heterocycles. The molecule has 102 valence electrons. The van der Waals surface area contributed by atoms with E-state index in [0.29, 0.717) is 6.54 Å². The number of nitrogens with two attached hydrogens (primary N) is 1. The molecule has 1 aliphatic rings. The first-order chi connectivity index (χ1) is 8.45. The highest BCUT2D eigenvalue weighted by Gasteiger charge is 2.38. The van der Waals surface area contributed by atoms with Gasteiger partial charge >= 0.3 is 12.0 Å². The molecule has 0 aromatic carbocycles. The van der Waals surface area contributed by atoms with Crippen LogP contribution in [0.2, 0.25) is 0 Å². The van der Waals surface area contributed by atoms with E-state index in [4.69, 9.17) is 15.6 Å². The third-order valence-electron chi connectivity index (χ3n) is 2.85. The van der Waals surface area contributed by atoms with E-state index >= 15 is 0 Å². The Morgan fingerprint density at radius 1 is 1.44 bits per heavy atom. The second-order valence-electron chi connectivity index (χ2n) is 4.03. The van der Waals surface area contributed by atoms with Gasteiger partial charge in [-0.15, -0.1) is 0 Å². The Bertz CT molecular complexity index is 346. The number of hydrogen-bond acceptors (Lipinski definition) is 5. The van der Waals surface area contributed by atoms with Crippen molar-refractivity contribution in [1.82, 2.24) is 10.2 Å². The number of carboxylic acid groups (broad SMARTS) is 1. The Morgan fingerprint density at radius 3 is 2.61 bits per heavy atom. The molecule has 1 rings (SSSR count). The van der Waals surface area contributed by atoms with Crippen molar-refractivity contribution in [3.05, 3.63) is 0 Å². The molecule has 0 aliphatic carbocycles. The van der Waals surface area contributed by atoms with Gasteiger partial charge in [0, 0.05) is 6.04 Å². The minimum absolute atomic E-state index is 0.0861. The van der Waals surface area contributed by atoms with Crippen molar-refractivity contribution in [3.8, 4) is 0 Å². The maximum atomic E-state index is 11.4. The van der Waals surface area contributed by atoms with Gasteiger partial charge < -0.3 is 15.6 Å². The maximum absolute atomic E-state index is 11.4. The van der Waals surface area contributed by atoms with Crippen LogP contribution in [0.15, 0.2) is 0 Å². The number of likely N-dealkylation sites (N-methyl/N-ethyl adjacent to an activating group) is 1. The van der Waals surface area contributed by atoms with Crippen LogP contribution in [0.25, 0.3) is 0 Å². The molecular formula is C10H17N3O5. The molecular weight excluding hydrogens is 242 g/mol. The molecule has 8 nitrogen and oxygen atoms in total. The summed E-state index contributed by atoms with van der Waals surface area (Å²) in [5.41, 5.74) is 4.83. The molecule has 18 heavy (non-hydrogen) atoms. The number of ether oxygens (including phenoxy) is 1. The summed E-state index contributed by atoms with van der Waals surface area (Å²) >= 11 is 0. The van der Waals surface area contributed by atoms with Crippen LogP contribution in [0.4, 0.5) is 4.79 Å². The topological polar surface area (TPSA) is 122 Å². The Kier molecular flexibility index (Phi) is 5.05. The van der Waals surface area contributed by atoms with Gasteiger partial charge in [0.2, 0.25) is 5.91 Å². The quantitative estimate of drug-likeness (QED) is 0.558. The molecule has 3 amide bonds. The van der Waals surface area contributed by atoms with E-state index in [0.717, 1.165) is 0 Å². The number of carbonyl (C=O) groups is 3. The molecule has 2 atom stereocenters. The number of urea groups is 1. The third-order valence-corrected chi connectivity index (χ3v) is 2.85. The van der Waals surface area contributed by atoms with Gasteiger partial charge in [-0.1, -0.05) is 6.92 Å². The Morgan fingerprint density at radius 2 is 2.11 bits per heavy atom. The van der Waals surface area contributed by atoms with Crippen LogP contribution in [0.1, 0.15) is 6.92 Å². The van der Waals surface area contributed by atoms with Crippen LogP contribution < -0.4 is 11.1 Å². The van der Waals surface area contributed by atoms with E-state index in [-0.39, 0.29) is 25.8 Å². The average molecular weight is 259 g/mol. The molecule has 0 aromatic heterocycles. The minimum atomic E-state index is -0.953. The van der Waals surface area contributed by atoms with Gasteiger partial charge in [0.15, 0.2) is 0 Å². The highest BCUT2D eigenvalue weighted by atomic mass is 16.5. The standard InChI is InChI=1S/C10H17N3O5/c1-2-13(3-8(14)12-10(11)17)7-5-18-4-6(7)9(15)16/h6-7H,2-5H2,1H3,(H,15,16)(H3,11,12,14,17). The molecule has 0 spiro atoms. The summed E-state index contributed by atoms with van der Waals surface area (Å²) in [4.78, 5) is 34.6. The zero-order chi connectivity index (χ0) is 13.7. The molecule has 1 saturated heterocycles. The van der Waals surface area contributed by atoms with Gasteiger partial charge in [-0.2, -0.15) is 0 Å². The molecule has 0 radical (unpaired) electrons. The van der Waals surface area contributed by atoms with Crippen molar-refractivity contribution in [3.63, 3.8) is 0 Å². The van der Waals surface area contributed by atoms with Crippen LogP contribution in [0.5, 0.6) is 0 Å². The fourth-order valence-corrected chi connectivity index (χ4v) is 1.96. The van der Waals surface area contributed by atoms with Gasteiger partial charge in [0.1, 0.15) is 0 Å². The summed E-state index contributed by atoms with van der Waals surface area (Å²) in [6.07, 6.45) is 0. The number of primary amides is 1. The number of rotatable bonds is 5. The number of hydrogen-bond donors (Lipinski definition) is 3. The van der Waals surface area contributed by atoms with Gasteiger partial charge in [-0.25, -0.2) is 4.79 Å². The zero-order valence-corrected chi connectivity index (χ0v) is 10.1. The summed E-state index contributed by atoms with van der Waals surface area (Å²) < 4.78 is 5.13. The highest BCUT2D eigenvalue weighted by Crippen LogP contribution is 2.19. The highest BCUT2D eigenvalue weighted by molar-refractivity contribution is 5.94. The van der Waals surface area contributed by atoms with Crippen molar-refractivity contribution in [2.75, 3.05) is 26.3 Å². The lowest BCUT2D eigenvalue weighted by atomic mass is 10.0. The largest absolute Gasteiger partial charge is 0.481 e. The number of carbonyl (C=O) groups excluding carboxylic acids is 2. The van der Waals surface area contributed by atoms with Crippen molar-refractivity contribution < 1.29 is 24.2 Å². The Labute approximate surface area is 104 Å². The molecule has 0 saturated carbocycles. The fraction of sp³-hybridized carbons (Fsp3) is 0.700. The molecule has 0 bridgehead atoms. The first-order valence-corrected chi connectivity index (χ1v) is 5.59. The normalized spacial score (nSPS) is 23.0. The number of nitrogens with one attached hydrogen (secondary N) is 1. The van der Waals surface area contributed by atoms with Crippen LogP contribution in [0.3, 0.4) is 0 Å². The molecule has 1 fully saturated rings. The minimum Gasteiger partial charge on any atom is -0.481 e. The summed E-state index contributed by atoms with van der Waals surface area (Å²) in [5, 5.41) is 11.0. The SMILES string of the molecule is CCN(CC(=O)NC(N)=O)C1COCC1C(=O)O. The summed E-state index contributed by atoms with van der Waals surface area (Å²) in [6, 6.07) is -1.29. The van der Waals surface area contributed by atoms with E-state index in [9.17, 15) is 14.4 Å². The lowest BCUT2D eigenvalue weighted by molar-refractivity contribution is -0.143. The van der Waals surface area contributed by atoms with Crippen molar-refractivity contribution in [2.24, 2.45) is 11.7 Å². The number of nitrogens with zero attached hydrogens (tertiary/aromatic N) is 1. The second-order valence-corrected chi connectivity index (χ2v) is 4.03. The predicted molar refractivity (Wildman–Crippen MR) is 60.7 cm³/mol. The van der Waals surface area contributed by atoms with Crippen LogP contribution >= 0.6 is 0 Å². The van der Waals surface area contributed by atoms with Crippen molar-refractivity contribution >= 4 is 17.9 Å². The third kappa shape index (κ3) is 3.67. The van der Waals surface area contributed by atoms with Gasteiger partial charge in [0.05, 0.1) is 25.7 Å². The number of carboxylic acids is 1. The summed E-state index contributed by atoms with van der Waals surface area (Å²) in [6.45, 7) is 2.58. The van der Waals surface area contributed by atoms with Gasteiger partial charge in [-0.05, 0) is 6.54 Å². The number of imide groups is 1. The summed E-state index contributed by atoms with van der Waals surface area (Å²) in [7, 11) is 0.